The number of benzene rings is 1. The van der Waals surface area contributed by atoms with Crippen LogP contribution in [0.5, 0.6) is 0 Å². The number of carbonyl (C=O) groups excluding carboxylic acids is 2. The van der Waals surface area contributed by atoms with Crippen LogP contribution < -0.4 is 10.9 Å². The lowest BCUT2D eigenvalue weighted by molar-refractivity contribution is -0.172. The zero-order chi connectivity index (χ0) is 28.1. The molecule has 4 aliphatic rings. The Balaban J connectivity index is 1.47. The first-order valence-corrected chi connectivity index (χ1v) is 13.9. The summed E-state index contributed by atoms with van der Waals surface area (Å²) in [6.07, 6.45) is 2.44. The molecule has 2 aliphatic heterocycles. The van der Waals surface area contributed by atoms with Crippen molar-refractivity contribution in [2.24, 2.45) is 5.92 Å². The highest BCUT2D eigenvalue weighted by atomic mass is 19.1. The fourth-order valence-corrected chi connectivity index (χ4v) is 6.78. The molecule has 1 aromatic carbocycles. The maximum absolute atomic E-state index is 15.1. The van der Waals surface area contributed by atoms with Gasteiger partial charge in [0.25, 0.3) is 5.56 Å². The summed E-state index contributed by atoms with van der Waals surface area (Å²) in [5.41, 5.74) is 2.26. The maximum atomic E-state index is 15.1. The summed E-state index contributed by atoms with van der Waals surface area (Å²) in [4.78, 5) is 44.2. The highest BCUT2D eigenvalue weighted by Crippen LogP contribution is 2.45. The van der Waals surface area contributed by atoms with Crippen molar-refractivity contribution in [1.82, 2.24) is 14.9 Å². The molecule has 40 heavy (non-hydrogen) atoms. The summed E-state index contributed by atoms with van der Waals surface area (Å²) < 4.78 is 21.9. The van der Waals surface area contributed by atoms with E-state index in [4.69, 9.17) is 9.72 Å². The smallest absolute Gasteiger partial charge is 0.343 e. The minimum Gasteiger partial charge on any atom is -0.458 e. The third-order valence-corrected chi connectivity index (χ3v) is 9.27. The van der Waals surface area contributed by atoms with Crippen molar-refractivity contribution in [2.45, 2.75) is 83.3 Å². The van der Waals surface area contributed by atoms with Gasteiger partial charge in [-0.05, 0) is 74.1 Å². The molecule has 0 spiro atoms. The van der Waals surface area contributed by atoms with Crippen LogP contribution in [0.1, 0.15) is 78.5 Å². The van der Waals surface area contributed by atoms with E-state index in [0.717, 1.165) is 34.9 Å². The number of rotatable bonds is 4. The fraction of sp³-hybridized carbons (Fsp3) is 0.467. The number of aliphatic hydroxyl groups excluding tert-OH is 1. The lowest BCUT2D eigenvalue weighted by Gasteiger charge is -2.31. The van der Waals surface area contributed by atoms with Crippen molar-refractivity contribution in [3.05, 3.63) is 61.7 Å². The summed E-state index contributed by atoms with van der Waals surface area (Å²) in [7, 11) is 0. The van der Waals surface area contributed by atoms with Gasteiger partial charge in [-0.3, -0.25) is 9.59 Å². The van der Waals surface area contributed by atoms with Crippen LogP contribution in [0, 0.1) is 18.7 Å². The van der Waals surface area contributed by atoms with Gasteiger partial charge in [-0.1, -0.05) is 6.92 Å². The number of fused-ring (bicyclic) bond motifs is 5. The minimum absolute atomic E-state index is 0.0241. The Labute approximate surface area is 229 Å². The molecule has 3 aromatic rings. The van der Waals surface area contributed by atoms with Crippen molar-refractivity contribution in [2.75, 3.05) is 0 Å². The van der Waals surface area contributed by atoms with Crippen LogP contribution in [0.25, 0.3) is 22.3 Å². The average Bonchev–Trinajstić information content (AvgIpc) is 3.74. The molecular weight excluding hydrogens is 517 g/mol. The van der Waals surface area contributed by atoms with Crippen molar-refractivity contribution in [3.8, 4) is 11.4 Å². The molecule has 208 valence electrons. The Hall–Kier alpha value is -3.63. The summed E-state index contributed by atoms with van der Waals surface area (Å²) in [5.74, 6) is -1.65. The number of esters is 1. The molecule has 10 heteroatoms. The van der Waals surface area contributed by atoms with Crippen LogP contribution in [-0.2, 0) is 39.5 Å². The first-order valence-electron chi connectivity index (χ1n) is 13.9. The predicted molar refractivity (Wildman–Crippen MR) is 142 cm³/mol. The van der Waals surface area contributed by atoms with Crippen molar-refractivity contribution in [1.29, 1.82) is 0 Å². The molecule has 2 aromatic heterocycles. The number of aromatic nitrogens is 2. The zero-order valence-electron chi connectivity index (χ0n) is 22.3. The van der Waals surface area contributed by atoms with Gasteiger partial charge in [0.15, 0.2) is 5.60 Å². The van der Waals surface area contributed by atoms with Gasteiger partial charge in [-0.15, -0.1) is 0 Å². The van der Waals surface area contributed by atoms with E-state index in [1.807, 2.05) is 0 Å². The van der Waals surface area contributed by atoms with Crippen LogP contribution in [0.2, 0.25) is 0 Å². The number of halogens is 1. The Bertz CT molecular complexity index is 1710. The third-order valence-electron chi connectivity index (χ3n) is 9.27. The van der Waals surface area contributed by atoms with Crippen molar-refractivity contribution >= 4 is 22.8 Å². The number of nitrogens with one attached hydrogen (secondary N) is 1. The molecule has 1 fully saturated rings. The summed E-state index contributed by atoms with van der Waals surface area (Å²) in [5, 5.41) is 25.6. The molecule has 1 amide bonds. The van der Waals surface area contributed by atoms with Crippen LogP contribution in [-0.4, -0.2) is 37.7 Å². The van der Waals surface area contributed by atoms with E-state index in [1.54, 1.807) is 24.5 Å². The zero-order valence-corrected chi connectivity index (χ0v) is 22.3. The molecule has 9 nitrogen and oxygen atoms in total. The number of cyclic esters (lactones) is 1. The van der Waals surface area contributed by atoms with E-state index >= 15 is 4.39 Å². The average molecular weight is 548 g/mol. The standard InChI is InChI=1S/C30H30FN3O6/c1-3-30(39)18-9-22-25-16(11-34(22)28(37)17(18)12-40-29(30)38)24-20(33-27(36)26(35)14-7-8-14)6-4-5-15-13(2)19(31)10-21(32-25)23(15)24/h9-10,14,20,26,35,39H,3-8,11-12H2,1-2H3,(H,33,36)/t20-,26+,30-/m0/s1. The minimum atomic E-state index is -1.96. The first-order chi connectivity index (χ1) is 19.1. The van der Waals surface area contributed by atoms with E-state index in [0.29, 0.717) is 41.7 Å². The molecule has 2 aliphatic carbocycles. The molecule has 0 saturated heterocycles. The number of pyridine rings is 2. The van der Waals surface area contributed by atoms with E-state index in [1.165, 1.54) is 6.07 Å². The maximum Gasteiger partial charge on any atom is 0.343 e. The van der Waals surface area contributed by atoms with Gasteiger partial charge in [0.05, 0.1) is 35.1 Å². The Morgan fingerprint density at radius 3 is 2.75 bits per heavy atom. The second-order valence-corrected chi connectivity index (χ2v) is 11.5. The molecule has 3 atom stereocenters. The number of amides is 1. The number of carbonyl (C=O) groups is 2. The Kier molecular flexibility index (Phi) is 5.50. The Morgan fingerprint density at radius 1 is 1.25 bits per heavy atom. The number of hydrogen-bond acceptors (Lipinski definition) is 7. The number of hydrogen-bond donors (Lipinski definition) is 3. The van der Waals surface area contributed by atoms with E-state index < -0.39 is 29.6 Å². The summed E-state index contributed by atoms with van der Waals surface area (Å²) >= 11 is 0. The molecule has 7 rings (SSSR count). The Morgan fingerprint density at radius 2 is 2.02 bits per heavy atom. The first kappa shape index (κ1) is 25.3. The van der Waals surface area contributed by atoms with Gasteiger partial charge < -0.3 is 24.8 Å². The van der Waals surface area contributed by atoms with Crippen LogP contribution in [0.3, 0.4) is 0 Å². The van der Waals surface area contributed by atoms with Gasteiger partial charge >= 0.3 is 5.97 Å². The van der Waals surface area contributed by atoms with E-state index in [-0.39, 0.29) is 48.0 Å². The van der Waals surface area contributed by atoms with E-state index in [2.05, 4.69) is 5.32 Å². The van der Waals surface area contributed by atoms with Crippen molar-refractivity contribution < 1.29 is 28.9 Å². The normalized spacial score (nSPS) is 23.6. The fourth-order valence-electron chi connectivity index (χ4n) is 6.78. The van der Waals surface area contributed by atoms with Gasteiger partial charge in [0.1, 0.15) is 18.5 Å². The second kappa shape index (κ2) is 8.68. The van der Waals surface area contributed by atoms with E-state index in [9.17, 15) is 24.6 Å². The molecule has 3 N–H and O–H groups in total. The largest absolute Gasteiger partial charge is 0.458 e. The van der Waals surface area contributed by atoms with Crippen LogP contribution in [0.15, 0.2) is 16.9 Å². The van der Waals surface area contributed by atoms with Crippen LogP contribution >= 0.6 is 0 Å². The number of aryl methyl sites for hydroxylation is 1. The lowest BCUT2D eigenvalue weighted by atomic mass is 9.86. The molecule has 1 saturated carbocycles. The molecule has 0 unspecified atom stereocenters. The molecule has 0 bridgehead atoms. The molecule has 4 heterocycles. The van der Waals surface area contributed by atoms with Gasteiger partial charge in [-0.25, -0.2) is 14.2 Å². The number of ether oxygens (including phenoxy) is 1. The van der Waals surface area contributed by atoms with Gasteiger partial charge in [0, 0.05) is 22.6 Å². The quantitative estimate of drug-likeness (QED) is 0.335. The number of aliphatic hydroxyl groups is 2. The second-order valence-electron chi connectivity index (χ2n) is 11.5. The summed E-state index contributed by atoms with van der Waals surface area (Å²) in [6, 6.07) is 2.55. The topological polar surface area (TPSA) is 131 Å². The van der Waals surface area contributed by atoms with Crippen molar-refractivity contribution in [3.63, 3.8) is 0 Å². The monoisotopic (exact) mass is 547 g/mol. The van der Waals surface area contributed by atoms with Gasteiger partial charge in [0.2, 0.25) is 5.91 Å². The SMILES string of the molecule is CC[C@@]1(O)C(=O)OCc2c1cc1n(c2=O)Cc2c-1nc1cc(F)c(C)c3c1c2[C@@H](NC(=O)[C@H](O)C1CC1)CCC3. The number of nitrogens with zero attached hydrogens (tertiary/aromatic N) is 2. The lowest BCUT2D eigenvalue weighted by Crippen LogP contribution is -2.44. The van der Waals surface area contributed by atoms with Crippen LogP contribution in [0.4, 0.5) is 4.39 Å². The summed E-state index contributed by atoms with van der Waals surface area (Å²) in [6.45, 7) is 3.32. The van der Waals surface area contributed by atoms with Gasteiger partial charge in [-0.2, -0.15) is 0 Å². The highest BCUT2D eigenvalue weighted by Gasteiger charge is 2.46. The third kappa shape index (κ3) is 3.45. The highest BCUT2D eigenvalue weighted by molar-refractivity contribution is 5.93. The predicted octanol–water partition coefficient (Wildman–Crippen LogP) is 2.79. The molecule has 0 radical (unpaired) electrons. The molecular formula is C30H30FN3O6.